The number of aliphatic imine (C=N–C) groups is 1. The molecule has 0 aliphatic carbocycles. The zero-order chi connectivity index (χ0) is 15.1. The molecular weight excluding hydrogens is 254 g/mol. The van der Waals surface area contributed by atoms with E-state index in [2.05, 4.69) is 32.7 Å². The summed E-state index contributed by atoms with van der Waals surface area (Å²) >= 11 is 0. The van der Waals surface area contributed by atoms with Crippen LogP contribution < -0.4 is 15.3 Å². The molecule has 1 aromatic carbocycles. The Balaban J connectivity index is 2.70. The maximum absolute atomic E-state index is 11.1. The molecule has 0 spiro atoms. The standard InChI is InChI=1S/C15H21N3O2/c1-5-8-18(15(2,3)4)12-9-10(13(19)20)6-7-11(12)17-14(18)16/h6-7,9H,5,8H2,1-4H3,(H2-,16,17,19,20). The van der Waals surface area contributed by atoms with Crippen LogP contribution >= 0.6 is 0 Å². The van der Waals surface area contributed by atoms with Crippen molar-refractivity contribution in [2.24, 2.45) is 10.7 Å². The van der Waals surface area contributed by atoms with Gasteiger partial charge in [-0.25, -0.2) is 4.48 Å². The molecule has 0 fully saturated rings. The van der Waals surface area contributed by atoms with Gasteiger partial charge in [0.1, 0.15) is 11.2 Å². The normalized spacial score (nSPS) is 21.5. The maximum atomic E-state index is 11.1. The van der Waals surface area contributed by atoms with Crippen molar-refractivity contribution in [2.45, 2.75) is 39.7 Å². The first-order valence-corrected chi connectivity index (χ1v) is 6.83. The van der Waals surface area contributed by atoms with E-state index in [1.165, 1.54) is 6.07 Å². The second-order valence-electron chi connectivity index (χ2n) is 6.17. The minimum Gasteiger partial charge on any atom is -0.545 e. The van der Waals surface area contributed by atoms with Gasteiger partial charge >= 0.3 is 5.96 Å². The molecule has 5 nitrogen and oxygen atoms in total. The molecule has 1 aliphatic rings. The number of carbonyl (C=O) groups is 1. The number of aromatic carboxylic acids is 1. The lowest BCUT2D eigenvalue weighted by Gasteiger charge is -2.44. The van der Waals surface area contributed by atoms with E-state index in [1.54, 1.807) is 12.1 Å². The van der Waals surface area contributed by atoms with Gasteiger partial charge < -0.3 is 15.6 Å². The molecule has 2 N–H and O–H groups in total. The number of hydrogen-bond acceptors (Lipinski definition) is 4. The van der Waals surface area contributed by atoms with Gasteiger partial charge in [-0.2, -0.15) is 4.99 Å². The van der Waals surface area contributed by atoms with Gasteiger partial charge in [0.25, 0.3) is 0 Å². The number of carboxylic acids is 1. The molecule has 0 saturated carbocycles. The Hall–Kier alpha value is -1.88. The Morgan fingerprint density at radius 3 is 2.55 bits per heavy atom. The minimum absolute atomic E-state index is 0.163. The lowest BCUT2D eigenvalue weighted by molar-refractivity contribution is -0.255. The number of benzene rings is 1. The molecule has 1 aromatic rings. The highest BCUT2D eigenvalue weighted by Gasteiger charge is 2.50. The van der Waals surface area contributed by atoms with Crippen molar-refractivity contribution in [3.63, 3.8) is 0 Å². The molecule has 1 unspecified atom stereocenters. The van der Waals surface area contributed by atoms with Crippen molar-refractivity contribution in [1.82, 2.24) is 4.48 Å². The molecule has 1 heterocycles. The monoisotopic (exact) mass is 275 g/mol. The van der Waals surface area contributed by atoms with Crippen molar-refractivity contribution in [3.8, 4) is 0 Å². The van der Waals surface area contributed by atoms with Crippen LogP contribution in [0.25, 0.3) is 0 Å². The third-order valence-electron chi connectivity index (χ3n) is 3.95. The summed E-state index contributed by atoms with van der Waals surface area (Å²) in [7, 11) is 0. The molecule has 20 heavy (non-hydrogen) atoms. The zero-order valence-corrected chi connectivity index (χ0v) is 12.4. The van der Waals surface area contributed by atoms with E-state index in [-0.39, 0.29) is 11.1 Å². The summed E-state index contributed by atoms with van der Waals surface area (Å²) in [4.78, 5) is 15.6. The molecule has 0 saturated heterocycles. The van der Waals surface area contributed by atoms with Gasteiger partial charge in [0.2, 0.25) is 0 Å². The summed E-state index contributed by atoms with van der Waals surface area (Å²) in [6.45, 7) is 9.13. The number of hydrogen-bond donors (Lipinski definition) is 1. The van der Waals surface area contributed by atoms with Gasteiger partial charge in [-0.15, -0.1) is 0 Å². The van der Waals surface area contributed by atoms with E-state index in [9.17, 15) is 9.90 Å². The van der Waals surface area contributed by atoms with E-state index in [1.807, 2.05) is 0 Å². The summed E-state index contributed by atoms with van der Waals surface area (Å²) in [5.41, 5.74) is 7.77. The number of nitrogens with zero attached hydrogens (tertiary/aromatic N) is 2. The number of rotatable bonds is 3. The fourth-order valence-electron chi connectivity index (χ4n) is 2.99. The Bertz CT molecular complexity index is 587. The molecule has 0 radical (unpaired) electrons. The Morgan fingerprint density at radius 1 is 1.40 bits per heavy atom. The van der Waals surface area contributed by atoms with Gasteiger partial charge in [-0.05, 0) is 33.3 Å². The quantitative estimate of drug-likeness (QED) is 0.850. The molecule has 108 valence electrons. The predicted octanol–water partition coefficient (Wildman–Crippen LogP) is 1.53. The van der Waals surface area contributed by atoms with Crippen molar-refractivity contribution in [3.05, 3.63) is 23.8 Å². The fraction of sp³-hybridized carbons (Fsp3) is 0.467. The van der Waals surface area contributed by atoms with E-state index < -0.39 is 5.97 Å². The third kappa shape index (κ3) is 1.89. The van der Waals surface area contributed by atoms with E-state index in [4.69, 9.17) is 5.73 Å². The summed E-state index contributed by atoms with van der Waals surface area (Å²) in [5, 5.41) is 11.1. The minimum atomic E-state index is -1.18. The molecular formula is C15H21N3O2. The molecule has 1 aliphatic heterocycles. The average Bonchev–Trinajstić information content (AvgIpc) is 2.62. The van der Waals surface area contributed by atoms with Crippen molar-refractivity contribution >= 4 is 23.3 Å². The molecule has 2 rings (SSSR count). The Morgan fingerprint density at radius 2 is 2.05 bits per heavy atom. The number of carboxylic acid groups (broad SMARTS) is 1. The van der Waals surface area contributed by atoms with E-state index in [0.29, 0.717) is 10.4 Å². The highest BCUT2D eigenvalue weighted by molar-refractivity contribution is 6.02. The number of quaternary nitrogens is 1. The topological polar surface area (TPSA) is 78.5 Å². The SMILES string of the molecule is CCC[N+]1(C(C)(C)C)C(N)=Nc2ccc(C(=O)[O-])cc21. The maximum Gasteiger partial charge on any atom is 0.306 e. The van der Waals surface area contributed by atoms with Crippen LogP contribution in [0, 0.1) is 0 Å². The average molecular weight is 275 g/mol. The summed E-state index contributed by atoms with van der Waals surface area (Å²) in [6, 6.07) is 4.86. The summed E-state index contributed by atoms with van der Waals surface area (Å²) in [6.07, 6.45) is 0.919. The van der Waals surface area contributed by atoms with E-state index >= 15 is 0 Å². The first-order valence-electron chi connectivity index (χ1n) is 6.83. The summed E-state index contributed by atoms with van der Waals surface area (Å²) < 4.78 is 0.389. The van der Waals surface area contributed by atoms with Crippen LogP contribution in [0.3, 0.4) is 0 Å². The van der Waals surface area contributed by atoms with Gasteiger partial charge in [0.15, 0.2) is 5.69 Å². The van der Waals surface area contributed by atoms with Gasteiger partial charge in [-0.3, -0.25) is 0 Å². The van der Waals surface area contributed by atoms with Crippen LogP contribution in [-0.4, -0.2) is 24.0 Å². The molecule has 0 aromatic heterocycles. The largest absolute Gasteiger partial charge is 0.545 e. The van der Waals surface area contributed by atoms with Crippen LogP contribution in [0.1, 0.15) is 44.5 Å². The predicted molar refractivity (Wildman–Crippen MR) is 78.8 cm³/mol. The first kappa shape index (κ1) is 14.5. The Kier molecular flexibility index (Phi) is 3.34. The molecule has 0 bridgehead atoms. The van der Waals surface area contributed by atoms with Crippen molar-refractivity contribution in [2.75, 3.05) is 6.54 Å². The van der Waals surface area contributed by atoms with E-state index in [0.717, 1.165) is 24.3 Å². The molecule has 0 amide bonds. The highest BCUT2D eigenvalue weighted by Crippen LogP contribution is 2.45. The first-order chi connectivity index (χ1) is 9.24. The van der Waals surface area contributed by atoms with Crippen LogP contribution in [0.5, 0.6) is 0 Å². The number of fused-ring (bicyclic) bond motifs is 1. The summed E-state index contributed by atoms with van der Waals surface area (Å²) in [5.74, 6) is -0.661. The van der Waals surface area contributed by atoms with Crippen LogP contribution in [-0.2, 0) is 0 Å². The second-order valence-corrected chi connectivity index (χ2v) is 6.17. The molecule has 5 heteroatoms. The number of nitrogens with two attached hydrogens (primary N) is 1. The van der Waals surface area contributed by atoms with Gasteiger partial charge in [-0.1, -0.05) is 13.0 Å². The second kappa shape index (κ2) is 4.59. The van der Waals surface area contributed by atoms with Gasteiger partial charge in [0.05, 0.1) is 12.5 Å². The van der Waals surface area contributed by atoms with Crippen LogP contribution in [0.4, 0.5) is 11.4 Å². The third-order valence-corrected chi connectivity index (χ3v) is 3.95. The van der Waals surface area contributed by atoms with Crippen molar-refractivity contribution in [1.29, 1.82) is 0 Å². The van der Waals surface area contributed by atoms with Crippen LogP contribution in [0.15, 0.2) is 23.2 Å². The van der Waals surface area contributed by atoms with Crippen LogP contribution in [0.2, 0.25) is 0 Å². The number of carbonyl (C=O) groups excluding carboxylic acids is 1. The molecule has 1 atom stereocenters. The van der Waals surface area contributed by atoms with Gasteiger partial charge in [0, 0.05) is 11.6 Å². The number of guanidine groups is 1. The van der Waals surface area contributed by atoms with Crippen molar-refractivity contribution < 1.29 is 9.90 Å². The lowest BCUT2D eigenvalue weighted by Crippen LogP contribution is -2.66. The fourth-order valence-corrected chi connectivity index (χ4v) is 2.99. The zero-order valence-electron chi connectivity index (χ0n) is 12.4. The smallest absolute Gasteiger partial charge is 0.306 e. The Labute approximate surface area is 119 Å². The highest BCUT2D eigenvalue weighted by atomic mass is 16.4. The lowest BCUT2D eigenvalue weighted by atomic mass is 9.98.